The van der Waals surface area contributed by atoms with Gasteiger partial charge in [0.1, 0.15) is 0 Å². The monoisotopic (exact) mass is 212 g/mol. The molecule has 0 heterocycles. The van der Waals surface area contributed by atoms with E-state index in [1.165, 1.54) is 21.9 Å². The minimum Gasteiger partial charge on any atom is -0.237 e. The summed E-state index contributed by atoms with van der Waals surface area (Å²) < 4.78 is 0. The molecule has 16 heavy (non-hydrogen) atoms. The fourth-order valence-electron chi connectivity index (χ4n) is 2.04. The first-order chi connectivity index (χ1) is 7.81. The number of nitrogens with zero attached hydrogens (tertiary/aromatic N) is 1. The second-order valence-corrected chi connectivity index (χ2v) is 4.24. The maximum atomic E-state index is 4.51. The molecule has 0 aliphatic rings. The molecule has 0 aromatic heterocycles. The summed E-state index contributed by atoms with van der Waals surface area (Å²) in [6, 6.07) is 13.0. The van der Waals surface area contributed by atoms with Crippen LogP contribution in [0.2, 0.25) is 0 Å². The highest BCUT2D eigenvalue weighted by atomic mass is 14.8. The van der Waals surface area contributed by atoms with E-state index in [2.05, 4.69) is 55.6 Å². The Labute approximate surface area is 97.5 Å². The standard InChI is InChI=1S/C15H18N/c1-3-8-16-11-13-9-12(2)15-7-5-4-6-14(15)10-13/h4-7,9-10H,3,8,11H2,1-2H3. The van der Waals surface area contributed by atoms with Crippen LogP contribution in [-0.2, 0) is 6.54 Å². The van der Waals surface area contributed by atoms with Crippen LogP contribution in [0.25, 0.3) is 10.8 Å². The van der Waals surface area contributed by atoms with Gasteiger partial charge in [-0.05, 0) is 41.3 Å². The first-order valence-electron chi connectivity index (χ1n) is 5.93. The normalized spacial score (nSPS) is 10.9. The average Bonchev–Trinajstić information content (AvgIpc) is 2.30. The molecule has 0 bridgehead atoms. The molecule has 0 saturated heterocycles. The van der Waals surface area contributed by atoms with Crippen molar-refractivity contribution in [3.05, 3.63) is 47.5 Å². The smallest absolute Gasteiger partial charge is 0.0384 e. The van der Waals surface area contributed by atoms with E-state index < -0.39 is 0 Å². The number of fused-ring (bicyclic) bond motifs is 1. The lowest BCUT2D eigenvalue weighted by Crippen LogP contribution is -2.05. The molecular formula is C15H18N. The van der Waals surface area contributed by atoms with Crippen LogP contribution in [0.4, 0.5) is 0 Å². The maximum absolute atomic E-state index is 4.51. The Morgan fingerprint density at radius 1 is 1.12 bits per heavy atom. The van der Waals surface area contributed by atoms with E-state index in [4.69, 9.17) is 0 Å². The van der Waals surface area contributed by atoms with Crippen molar-refractivity contribution in [1.29, 1.82) is 0 Å². The lowest BCUT2D eigenvalue weighted by Gasteiger charge is -2.07. The Kier molecular flexibility index (Phi) is 3.58. The van der Waals surface area contributed by atoms with Crippen LogP contribution < -0.4 is 5.32 Å². The SMILES string of the molecule is CCC[N]Cc1cc(C)c2ccccc2c1. The first kappa shape index (κ1) is 11.2. The molecule has 0 aliphatic carbocycles. The van der Waals surface area contributed by atoms with Crippen molar-refractivity contribution in [2.75, 3.05) is 6.54 Å². The second kappa shape index (κ2) is 5.13. The zero-order valence-electron chi connectivity index (χ0n) is 10.0. The third-order valence-electron chi connectivity index (χ3n) is 2.80. The van der Waals surface area contributed by atoms with Gasteiger partial charge in [-0.25, -0.2) is 5.32 Å². The van der Waals surface area contributed by atoms with E-state index in [0.29, 0.717) is 0 Å². The fraction of sp³-hybridized carbons (Fsp3) is 0.333. The molecule has 0 fully saturated rings. The van der Waals surface area contributed by atoms with Crippen LogP contribution in [0.5, 0.6) is 0 Å². The molecule has 83 valence electrons. The highest BCUT2D eigenvalue weighted by molar-refractivity contribution is 5.86. The van der Waals surface area contributed by atoms with Gasteiger partial charge in [0.15, 0.2) is 0 Å². The number of hydrogen-bond donors (Lipinski definition) is 0. The molecule has 0 N–H and O–H groups in total. The Balaban J connectivity index is 2.27. The van der Waals surface area contributed by atoms with E-state index in [9.17, 15) is 0 Å². The van der Waals surface area contributed by atoms with Gasteiger partial charge >= 0.3 is 0 Å². The Morgan fingerprint density at radius 3 is 2.75 bits per heavy atom. The molecule has 0 unspecified atom stereocenters. The highest BCUT2D eigenvalue weighted by Gasteiger charge is 2.00. The van der Waals surface area contributed by atoms with Crippen LogP contribution in [0.15, 0.2) is 36.4 Å². The summed E-state index contributed by atoms with van der Waals surface area (Å²) >= 11 is 0. The van der Waals surface area contributed by atoms with E-state index in [1.807, 2.05) is 0 Å². The molecule has 0 amide bonds. The summed E-state index contributed by atoms with van der Waals surface area (Å²) in [4.78, 5) is 0. The minimum atomic E-state index is 0.847. The van der Waals surface area contributed by atoms with Gasteiger partial charge in [0, 0.05) is 13.1 Å². The largest absolute Gasteiger partial charge is 0.237 e. The molecule has 1 heteroatoms. The van der Waals surface area contributed by atoms with Crippen LogP contribution >= 0.6 is 0 Å². The predicted octanol–water partition coefficient (Wildman–Crippen LogP) is 3.66. The van der Waals surface area contributed by atoms with Crippen LogP contribution in [0.1, 0.15) is 24.5 Å². The van der Waals surface area contributed by atoms with Crippen LogP contribution in [-0.4, -0.2) is 6.54 Å². The fourth-order valence-corrected chi connectivity index (χ4v) is 2.04. The Bertz CT molecular complexity index is 474. The summed E-state index contributed by atoms with van der Waals surface area (Å²) in [5, 5.41) is 7.18. The van der Waals surface area contributed by atoms with Gasteiger partial charge in [-0.3, -0.25) is 0 Å². The summed E-state index contributed by atoms with van der Waals surface area (Å²) in [5.74, 6) is 0. The van der Waals surface area contributed by atoms with Crippen molar-refractivity contribution in [3.63, 3.8) is 0 Å². The summed E-state index contributed by atoms with van der Waals surface area (Å²) in [7, 11) is 0. The van der Waals surface area contributed by atoms with E-state index in [-0.39, 0.29) is 0 Å². The van der Waals surface area contributed by atoms with Gasteiger partial charge in [0.05, 0.1) is 0 Å². The van der Waals surface area contributed by atoms with Gasteiger partial charge in [-0.2, -0.15) is 0 Å². The zero-order chi connectivity index (χ0) is 11.4. The van der Waals surface area contributed by atoms with E-state index >= 15 is 0 Å². The van der Waals surface area contributed by atoms with Gasteiger partial charge in [-0.1, -0.05) is 37.3 Å². The quantitative estimate of drug-likeness (QED) is 0.687. The molecular weight excluding hydrogens is 194 g/mol. The molecule has 0 atom stereocenters. The Hall–Kier alpha value is -1.34. The number of rotatable bonds is 4. The molecule has 0 aliphatic heterocycles. The molecule has 1 radical (unpaired) electrons. The van der Waals surface area contributed by atoms with Crippen molar-refractivity contribution in [1.82, 2.24) is 5.32 Å². The van der Waals surface area contributed by atoms with Gasteiger partial charge in [0.2, 0.25) is 0 Å². The van der Waals surface area contributed by atoms with Gasteiger partial charge in [-0.15, -0.1) is 0 Å². The van der Waals surface area contributed by atoms with Crippen molar-refractivity contribution in [3.8, 4) is 0 Å². The molecule has 1 nitrogen and oxygen atoms in total. The minimum absolute atomic E-state index is 0.847. The van der Waals surface area contributed by atoms with Gasteiger partial charge in [0.25, 0.3) is 0 Å². The molecule has 2 aromatic rings. The molecule has 2 aromatic carbocycles. The van der Waals surface area contributed by atoms with Crippen molar-refractivity contribution >= 4 is 10.8 Å². The lowest BCUT2D eigenvalue weighted by atomic mass is 10.0. The first-order valence-corrected chi connectivity index (χ1v) is 5.93. The molecule has 0 saturated carbocycles. The summed E-state index contributed by atoms with van der Waals surface area (Å²) in [5.41, 5.74) is 2.67. The second-order valence-electron chi connectivity index (χ2n) is 4.24. The topological polar surface area (TPSA) is 14.1 Å². The summed E-state index contributed by atoms with van der Waals surface area (Å²) in [6.07, 6.45) is 1.13. The third kappa shape index (κ3) is 2.42. The molecule has 2 rings (SSSR count). The molecule has 0 spiro atoms. The lowest BCUT2D eigenvalue weighted by molar-refractivity contribution is 0.661. The van der Waals surface area contributed by atoms with E-state index in [0.717, 1.165) is 19.5 Å². The number of aryl methyl sites for hydroxylation is 1. The average molecular weight is 212 g/mol. The maximum Gasteiger partial charge on any atom is 0.0384 e. The Morgan fingerprint density at radius 2 is 1.94 bits per heavy atom. The van der Waals surface area contributed by atoms with Crippen molar-refractivity contribution < 1.29 is 0 Å². The highest BCUT2D eigenvalue weighted by Crippen LogP contribution is 2.20. The predicted molar refractivity (Wildman–Crippen MR) is 69.7 cm³/mol. The third-order valence-corrected chi connectivity index (χ3v) is 2.80. The summed E-state index contributed by atoms with van der Waals surface area (Å²) in [6.45, 7) is 6.15. The van der Waals surface area contributed by atoms with Crippen molar-refractivity contribution in [2.45, 2.75) is 26.8 Å². The van der Waals surface area contributed by atoms with Crippen LogP contribution in [0, 0.1) is 6.92 Å². The zero-order valence-corrected chi connectivity index (χ0v) is 10.0. The van der Waals surface area contributed by atoms with Gasteiger partial charge < -0.3 is 0 Å². The number of benzene rings is 2. The van der Waals surface area contributed by atoms with E-state index in [1.54, 1.807) is 0 Å². The number of hydrogen-bond acceptors (Lipinski definition) is 0. The van der Waals surface area contributed by atoms with Crippen molar-refractivity contribution in [2.24, 2.45) is 0 Å². The van der Waals surface area contributed by atoms with Crippen LogP contribution in [0.3, 0.4) is 0 Å².